The number of carbonyl (C=O) groups is 1. The van der Waals surface area contributed by atoms with Crippen LogP contribution in [-0.4, -0.2) is 11.1 Å². The number of hydrogen-bond acceptors (Lipinski definition) is 4. The molecular weight excluding hydrogens is 260 g/mol. The number of rotatable bonds is 4. The minimum atomic E-state index is -0.969. The third-order valence-corrected chi connectivity index (χ3v) is 3.25. The van der Waals surface area contributed by atoms with Crippen LogP contribution >= 0.6 is 11.9 Å². The minimum absolute atomic E-state index is 0.226. The molecule has 0 saturated heterocycles. The number of nitrogens with one attached hydrogen (secondary N) is 1. The molecule has 0 aromatic heterocycles. The maximum atomic E-state index is 11.0. The summed E-state index contributed by atoms with van der Waals surface area (Å²) in [6, 6.07) is 15.8. The number of carboxylic acids is 1. The van der Waals surface area contributed by atoms with Crippen molar-refractivity contribution in [2.75, 3.05) is 4.72 Å². The Labute approximate surface area is 114 Å². The Hall–Kier alpha value is -2.45. The fourth-order valence-corrected chi connectivity index (χ4v) is 2.15. The van der Waals surface area contributed by atoms with E-state index < -0.39 is 5.97 Å². The molecule has 0 aliphatic heterocycles. The van der Waals surface area contributed by atoms with Gasteiger partial charge in [0.1, 0.15) is 0 Å². The van der Waals surface area contributed by atoms with Crippen molar-refractivity contribution in [3.8, 4) is 6.07 Å². The molecule has 0 aliphatic rings. The van der Waals surface area contributed by atoms with E-state index in [1.165, 1.54) is 11.9 Å². The molecule has 2 aromatic rings. The number of nitrogens with zero attached hydrogens (tertiary/aromatic N) is 1. The zero-order valence-electron chi connectivity index (χ0n) is 9.83. The lowest BCUT2D eigenvalue weighted by Gasteiger charge is -2.08. The van der Waals surface area contributed by atoms with Crippen molar-refractivity contribution < 1.29 is 9.90 Å². The molecule has 0 heterocycles. The van der Waals surface area contributed by atoms with Crippen LogP contribution in [0.5, 0.6) is 0 Å². The monoisotopic (exact) mass is 270 g/mol. The average molecular weight is 270 g/mol. The Morgan fingerprint density at radius 3 is 2.47 bits per heavy atom. The summed E-state index contributed by atoms with van der Waals surface area (Å²) in [6.45, 7) is 0. The normalized spacial score (nSPS) is 9.63. The first-order chi connectivity index (χ1) is 9.20. The number of aromatic carboxylic acids is 1. The summed E-state index contributed by atoms with van der Waals surface area (Å²) in [6.07, 6.45) is 0. The average Bonchev–Trinajstić information content (AvgIpc) is 2.46. The Bertz CT molecular complexity index is 633. The van der Waals surface area contributed by atoms with Gasteiger partial charge in [-0.2, -0.15) is 5.26 Å². The Kier molecular flexibility index (Phi) is 4.06. The molecule has 19 heavy (non-hydrogen) atoms. The third kappa shape index (κ3) is 3.27. The van der Waals surface area contributed by atoms with Gasteiger partial charge in [0.25, 0.3) is 0 Å². The molecule has 0 fully saturated rings. The van der Waals surface area contributed by atoms with E-state index in [9.17, 15) is 4.79 Å². The van der Waals surface area contributed by atoms with Gasteiger partial charge in [-0.05, 0) is 48.3 Å². The van der Waals surface area contributed by atoms with Crippen molar-refractivity contribution in [1.82, 2.24) is 0 Å². The SMILES string of the molecule is N#Cc1ccc(SNc2ccccc2C(=O)O)cc1. The van der Waals surface area contributed by atoms with Crippen LogP contribution < -0.4 is 4.72 Å². The number of hydrogen-bond donors (Lipinski definition) is 2. The maximum absolute atomic E-state index is 11.0. The molecule has 2 N–H and O–H groups in total. The van der Waals surface area contributed by atoms with Crippen LogP contribution in [0.4, 0.5) is 5.69 Å². The molecule has 0 aliphatic carbocycles. The van der Waals surface area contributed by atoms with E-state index in [1.54, 1.807) is 48.5 Å². The van der Waals surface area contributed by atoms with Gasteiger partial charge in [0.05, 0.1) is 22.9 Å². The van der Waals surface area contributed by atoms with Crippen molar-refractivity contribution >= 4 is 23.6 Å². The van der Waals surface area contributed by atoms with Gasteiger partial charge in [-0.3, -0.25) is 0 Å². The zero-order valence-corrected chi connectivity index (χ0v) is 10.6. The summed E-state index contributed by atoms with van der Waals surface area (Å²) in [5, 5.41) is 17.7. The molecule has 0 unspecified atom stereocenters. The highest BCUT2D eigenvalue weighted by Gasteiger charge is 2.08. The first-order valence-corrected chi connectivity index (χ1v) is 6.27. The summed E-state index contributed by atoms with van der Waals surface area (Å²) in [4.78, 5) is 11.9. The third-order valence-electron chi connectivity index (χ3n) is 2.42. The number of para-hydroxylation sites is 1. The van der Waals surface area contributed by atoms with E-state index in [-0.39, 0.29) is 5.56 Å². The summed E-state index contributed by atoms with van der Waals surface area (Å²) in [5.74, 6) is -0.969. The van der Waals surface area contributed by atoms with Gasteiger partial charge in [-0.25, -0.2) is 4.79 Å². The van der Waals surface area contributed by atoms with Crippen molar-refractivity contribution in [3.63, 3.8) is 0 Å². The smallest absolute Gasteiger partial charge is 0.337 e. The molecular formula is C14H10N2O2S. The topological polar surface area (TPSA) is 73.1 Å². The summed E-state index contributed by atoms with van der Waals surface area (Å²) in [5.41, 5.74) is 1.36. The van der Waals surface area contributed by atoms with E-state index in [0.29, 0.717) is 11.3 Å². The van der Waals surface area contributed by atoms with Crippen molar-refractivity contribution in [1.29, 1.82) is 5.26 Å². The van der Waals surface area contributed by atoms with Gasteiger partial charge >= 0.3 is 5.97 Å². The highest BCUT2D eigenvalue weighted by atomic mass is 32.2. The van der Waals surface area contributed by atoms with Gasteiger partial charge in [0, 0.05) is 4.90 Å². The standard InChI is InChI=1S/C14H10N2O2S/c15-9-10-5-7-11(8-6-10)19-16-13-4-2-1-3-12(13)14(17)18/h1-8,16H,(H,17,18). The van der Waals surface area contributed by atoms with E-state index >= 15 is 0 Å². The molecule has 0 saturated carbocycles. The van der Waals surface area contributed by atoms with Crippen molar-refractivity contribution in [2.24, 2.45) is 0 Å². The molecule has 0 atom stereocenters. The van der Waals surface area contributed by atoms with E-state index in [0.717, 1.165) is 4.90 Å². The van der Waals surface area contributed by atoms with Crippen molar-refractivity contribution in [3.05, 3.63) is 59.7 Å². The zero-order chi connectivity index (χ0) is 13.7. The first kappa shape index (κ1) is 13.0. The van der Waals surface area contributed by atoms with E-state index in [4.69, 9.17) is 10.4 Å². The van der Waals surface area contributed by atoms with Crippen LogP contribution in [0.3, 0.4) is 0 Å². The molecule has 4 nitrogen and oxygen atoms in total. The van der Waals surface area contributed by atoms with E-state index in [2.05, 4.69) is 4.72 Å². The Morgan fingerprint density at radius 1 is 1.16 bits per heavy atom. The Balaban J connectivity index is 2.10. The summed E-state index contributed by atoms with van der Waals surface area (Å²) >= 11 is 1.30. The van der Waals surface area contributed by atoms with E-state index in [1.807, 2.05) is 6.07 Å². The van der Waals surface area contributed by atoms with Gasteiger partial charge in [-0.15, -0.1) is 0 Å². The highest BCUT2D eigenvalue weighted by Crippen LogP contribution is 2.24. The molecule has 0 amide bonds. The van der Waals surface area contributed by atoms with Crippen LogP contribution in [0.2, 0.25) is 0 Å². The van der Waals surface area contributed by atoms with Gasteiger partial charge in [0.15, 0.2) is 0 Å². The minimum Gasteiger partial charge on any atom is -0.478 e. The maximum Gasteiger partial charge on any atom is 0.337 e. The second kappa shape index (κ2) is 5.94. The molecule has 5 heteroatoms. The van der Waals surface area contributed by atoms with Crippen molar-refractivity contribution in [2.45, 2.75) is 4.90 Å². The number of benzene rings is 2. The fourth-order valence-electron chi connectivity index (χ4n) is 1.47. The molecule has 2 aromatic carbocycles. The summed E-state index contributed by atoms with van der Waals surface area (Å²) in [7, 11) is 0. The van der Waals surface area contributed by atoms with Crippen LogP contribution in [0.1, 0.15) is 15.9 Å². The number of nitriles is 1. The molecule has 0 bridgehead atoms. The predicted molar refractivity (Wildman–Crippen MR) is 74.0 cm³/mol. The largest absolute Gasteiger partial charge is 0.478 e. The predicted octanol–water partition coefficient (Wildman–Crippen LogP) is 3.38. The second-order valence-electron chi connectivity index (χ2n) is 3.69. The fraction of sp³-hybridized carbons (Fsp3) is 0. The number of carboxylic acid groups (broad SMARTS) is 1. The lowest BCUT2D eigenvalue weighted by Crippen LogP contribution is -2.00. The van der Waals surface area contributed by atoms with Gasteiger partial charge in [-0.1, -0.05) is 12.1 Å². The summed E-state index contributed by atoms with van der Waals surface area (Å²) < 4.78 is 3.00. The molecule has 2 rings (SSSR count). The lowest BCUT2D eigenvalue weighted by molar-refractivity contribution is 0.0698. The first-order valence-electron chi connectivity index (χ1n) is 5.46. The quantitative estimate of drug-likeness (QED) is 0.833. The second-order valence-corrected chi connectivity index (χ2v) is 4.57. The van der Waals surface area contributed by atoms with Gasteiger partial charge in [0.2, 0.25) is 0 Å². The number of anilines is 1. The molecule has 0 radical (unpaired) electrons. The van der Waals surface area contributed by atoms with Crippen LogP contribution in [-0.2, 0) is 0 Å². The lowest BCUT2D eigenvalue weighted by atomic mass is 10.2. The molecule has 0 spiro atoms. The van der Waals surface area contributed by atoms with Crippen LogP contribution in [0.25, 0.3) is 0 Å². The highest BCUT2D eigenvalue weighted by molar-refractivity contribution is 8.00. The van der Waals surface area contributed by atoms with Crippen LogP contribution in [0.15, 0.2) is 53.4 Å². The molecule has 94 valence electrons. The van der Waals surface area contributed by atoms with Gasteiger partial charge < -0.3 is 9.83 Å². The van der Waals surface area contributed by atoms with Crippen LogP contribution in [0, 0.1) is 11.3 Å². The Morgan fingerprint density at radius 2 is 1.84 bits per heavy atom.